The summed E-state index contributed by atoms with van der Waals surface area (Å²) in [4.78, 5) is 0. The van der Waals surface area contributed by atoms with Crippen LogP contribution in [0.5, 0.6) is 0 Å². The minimum Gasteiger partial charge on any atom is -0.313 e. The van der Waals surface area contributed by atoms with E-state index in [9.17, 15) is 17.6 Å². The summed E-state index contributed by atoms with van der Waals surface area (Å²) in [7, 11) is 1.73. The minimum absolute atomic E-state index is 0.133. The van der Waals surface area contributed by atoms with Gasteiger partial charge in [0.25, 0.3) is 0 Å². The van der Waals surface area contributed by atoms with E-state index in [2.05, 4.69) is 5.32 Å². The normalized spacial score (nSPS) is 13.9. The first-order valence-corrected chi connectivity index (χ1v) is 6.39. The topological polar surface area (TPSA) is 12.0 Å². The fourth-order valence-corrected chi connectivity index (χ4v) is 2.39. The third-order valence-corrected chi connectivity index (χ3v) is 3.49. The smallest absolute Gasteiger partial charge is 0.313 e. The molecule has 0 radical (unpaired) electrons. The highest BCUT2D eigenvalue weighted by atomic mass is 19.4. The molecular formula is C14H19F4N. The maximum absolute atomic E-state index is 13.6. The van der Waals surface area contributed by atoms with Gasteiger partial charge < -0.3 is 5.32 Å². The van der Waals surface area contributed by atoms with Crippen molar-refractivity contribution in [3.05, 3.63) is 35.1 Å². The number of benzene rings is 1. The van der Waals surface area contributed by atoms with Crippen molar-refractivity contribution in [1.82, 2.24) is 5.32 Å². The predicted octanol–water partition coefficient (Wildman–Crippen LogP) is 4.54. The Bertz CT molecular complexity index is 410. The maximum atomic E-state index is 13.6. The van der Waals surface area contributed by atoms with Gasteiger partial charge in [-0.15, -0.1) is 0 Å². The minimum atomic E-state index is -4.65. The molecule has 0 aromatic heterocycles. The molecule has 0 bridgehead atoms. The number of alkyl halides is 3. The summed E-state index contributed by atoms with van der Waals surface area (Å²) in [6.45, 7) is 4.03. The molecule has 1 rings (SSSR count). The zero-order valence-corrected chi connectivity index (χ0v) is 11.3. The molecule has 0 spiro atoms. The number of hydrogen-bond donors (Lipinski definition) is 1. The molecule has 1 aromatic carbocycles. The molecular weight excluding hydrogens is 258 g/mol. The van der Waals surface area contributed by atoms with Gasteiger partial charge in [-0.05, 0) is 30.7 Å². The molecule has 0 aliphatic heterocycles. The predicted molar refractivity (Wildman–Crippen MR) is 67.3 cm³/mol. The number of rotatable bonds is 5. The van der Waals surface area contributed by atoms with Crippen LogP contribution in [0, 0.1) is 11.7 Å². The maximum Gasteiger partial charge on any atom is 0.419 e. The Hall–Kier alpha value is -1.10. The third-order valence-electron chi connectivity index (χ3n) is 3.49. The summed E-state index contributed by atoms with van der Waals surface area (Å²) in [5.74, 6) is -0.947. The van der Waals surface area contributed by atoms with Crippen LogP contribution in [0.1, 0.15) is 43.9 Å². The van der Waals surface area contributed by atoms with Crippen molar-refractivity contribution in [2.24, 2.45) is 5.92 Å². The summed E-state index contributed by atoms with van der Waals surface area (Å²) in [6.07, 6.45) is -2.89. The third kappa shape index (κ3) is 3.69. The van der Waals surface area contributed by atoms with Gasteiger partial charge in [0.15, 0.2) is 0 Å². The lowest BCUT2D eigenvalue weighted by Crippen LogP contribution is -2.25. The van der Waals surface area contributed by atoms with Gasteiger partial charge in [-0.2, -0.15) is 13.2 Å². The molecule has 0 saturated carbocycles. The van der Waals surface area contributed by atoms with Crippen LogP contribution >= 0.6 is 0 Å². The van der Waals surface area contributed by atoms with Crippen LogP contribution in [0.4, 0.5) is 17.6 Å². The molecule has 0 aliphatic carbocycles. The van der Waals surface area contributed by atoms with E-state index in [1.807, 2.05) is 13.8 Å². The second-order valence-corrected chi connectivity index (χ2v) is 4.58. The Kier molecular flexibility index (Phi) is 5.35. The highest BCUT2D eigenvalue weighted by Crippen LogP contribution is 2.34. The number of halogens is 4. The monoisotopic (exact) mass is 277 g/mol. The Balaban J connectivity index is 3.11. The first-order chi connectivity index (χ1) is 8.85. The van der Waals surface area contributed by atoms with Gasteiger partial charge in [0, 0.05) is 6.04 Å². The molecule has 1 aromatic rings. The molecule has 0 saturated heterocycles. The lowest BCUT2D eigenvalue weighted by Gasteiger charge is -2.25. The molecule has 1 atom stereocenters. The van der Waals surface area contributed by atoms with Crippen molar-refractivity contribution in [1.29, 1.82) is 0 Å². The molecule has 108 valence electrons. The number of nitrogens with one attached hydrogen (secondary N) is 1. The lowest BCUT2D eigenvalue weighted by atomic mass is 9.88. The average molecular weight is 277 g/mol. The van der Waals surface area contributed by atoms with Crippen molar-refractivity contribution >= 4 is 0 Å². The van der Waals surface area contributed by atoms with Gasteiger partial charge in [0.2, 0.25) is 0 Å². The van der Waals surface area contributed by atoms with E-state index in [4.69, 9.17) is 0 Å². The Morgan fingerprint density at radius 1 is 1.16 bits per heavy atom. The van der Waals surface area contributed by atoms with Crippen molar-refractivity contribution in [2.45, 2.75) is 38.9 Å². The quantitative estimate of drug-likeness (QED) is 0.779. The largest absolute Gasteiger partial charge is 0.419 e. The van der Waals surface area contributed by atoms with Gasteiger partial charge in [-0.1, -0.05) is 32.8 Å². The van der Waals surface area contributed by atoms with E-state index in [1.54, 1.807) is 7.05 Å². The highest BCUT2D eigenvalue weighted by molar-refractivity contribution is 5.29. The van der Waals surface area contributed by atoms with Crippen molar-refractivity contribution in [3.63, 3.8) is 0 Å². The van der Waals surface area contributed by atoms with Gasteiger partial charge in [0.1, 0.15) is 5.82 Å². The zero-order chi connectivity index (χ0) is 14.6. The van der Waals surface area contributed by atoms with Crippen LogP contribution in [0.3, 0.4) is 0 Å². The highest BCUT2D eigenvalue weighted by Gasteiger charge is 2.34. The van der Waals surface area contributed by atoms with Gasteiger partial charge in [-0.3, -0.25) is 0 Å². The van der Waals surface area contributed by atoms with Crippen LogP contribution in [-0.4, -0.2) is 7.05 Å². The van der Waals surface area contributed by atoms with Crippen LogP contribution < -0.4 is 5.32 Å². The standard InChI is InChI=1S/C14H19F4N/c1-4-9(5-2)13(19-3)10-6-7-11(12(15)8-10)14(16,17)18/h6-9,13,19H,4-5H2,1-3H3. The molecule has 0 aliphatic rings. The molecule has 0 heterocycles. The second-order valence-electron chi connectivity index (χ2n) is 4.58. The Morgan fingerprint density at radius 2 is 1.74 bits per heavy atom. The molecule has 0 amide bonds. The van der Waals surface area contributed by atoms with Gasteiger partial charge >= 0.3 is 6.18 Å². The first-order valence-electron chi connectivity index (χ1n) is 6.39. The van der Waals surface area contributed by atoms with E-state index >= 15 is 0 Å². The molecule has 0 fully saturated rings. The zero-order valence-electron chi connectivity index (χ0n) is 11.3. The Morgan fingerprint density at radius 3 is 2.11 bits per heavy atom. The number of hydrogen-bond acceptors (Lipinski definition) is 1. The fourth-order valence-electron chi connectivity index (χ4n) is 2.39. The van der Waals surface area contributed by atoms with Crippen LogP contribution in [0.2, 0.25) is 0 Å². The van der Waals surface area contributed by atoms with Crippen LogP contribution in [-0.2, 0) is 6.18 Å². The second kappa shape index (κ2) is 6.37. The average Bonchev–Trinajstić information content (AvgIpc) is 2.34. The summed E-state index contributed by atoms with van der Waals surface area (Å²) in [5.41, 5.74) is -0.655. The molecule has 1 nitrogen and oxygen atoms in total. The summed E-state index contributed by atoms with van der Waals surface area (Å²) < 4.78 is 51.1. The van der Waals surface area contributed by atoms with E-state index in [0.29, 0.717) is 5.56 Å². The first kappa shape index (κ1) is 16.0. The Labute approximate surface area is 111 Å². The van der Waals surface area contributed by atoms with Crippen molar-refractivity contribution in [2.75, 3.05) is 7.05 Å². The van der Waals surface area contributed by atoms with Crippen molar-refractivity contribution in [3.8, 4) is 0 Å². The lowest BCUT2D eigenvalue weighted by molar-refractivity contribution is -0.140. The summed E-state index contributed by atoms with van der Waals surface area (Å²) >= 11 is 0. The van der Waals surface area contributed by atoms with Gasteiger partial charge in [-0.25, -0.2) is 4.39 Å². The van der Waals surface area contributed by atoms with E-state index in [0.717, 1.165) is 25.0 Å². The molecule has 1 unspecified atom stereocenters. The van der Waals surface area contributed by atoms with Crippen molar-refractivity contribution < 1.29 is 17.6 Å². The summed E-state index contributed by atoms with van der Waals surface area (Å²) in [5, 5.41) is 3.06. The summed E-state index contributed by atoms with van der Waals surface area (Å²) in [6, 6.07) is 3.03. The van der Waals surface area contributed by atoms with Gasteiger partial charge in [0.05, 0.1) is 5.56 Å². The van der Waals surface area contributed by atoms with Crippen LogP contribution in [0.15, 0.2) is 18.2 Å². The fraction of sp³-hybridized carbons (Fsp3) is 0.571. The van der Waals surface area contributed by atoms with Crippen LogP contribution in [0.25, 0.3) is 0 Å². The molecule has 1 N–H and O–H groups in total. The van der Waals surface area contributed by atoms with E-state index < -0.39 is 17.6 Å². The molecule has 5 heteroatoms. The molecule has 19 heavy (non-hydrogen) atoms. The SMILES string of the molecule is CCC(CC)C(NC)c1ccc(C(F)(F)F)c(F)c1. The van der Waals surface area contributed by atoms with E-state index in [-0.39, 0.29) is 12.0 Å². The van der Waals surface area contributed by atoms with E-state index in [1.165, 1.54) is 6.07 Å².